The minimum Gasteiger partial charge on any atom is -0.490 e. The van der Waals surface area contributed by atoms with Gasteiger partial charge in [-0.25, -0.2) is 4.98 Å². The number of pyridine rings is 1. The van der Waals surface area contributed by atoms with Crippen LogP contribution in [0, 0.1) is 0 Å². The standard InChI is InChI=1S/C22H27N5O2/c1-23-22(24-11-14-27-12-5-6-13-27)26-18-19-9-10-21(25-17-19)29-16-15-28-20-7-3-2-4-8-20/h2-10,12-13,17H,11,14-16,18H2,1H3,(H2,23,24,26). The molecule has 0 aliphatic carbocycles. The Hall–Kier alpha value is -3.48. The summed E-state index contributed by atoms with van der Waals surface area (Å²) in [7, 11) is 1.76. The van der Waals surface area contributed by atoms with Crippen molar-refractivity contribution < 1.29 is 9.47 Å². The van der Waals surface area contributed by atoms with Crippen LogP contribution in [-0.2, 0) is 13.1 Å². The number of benzene rings is 1. The lowest BCUT2D eigenvalue weighted by Gasteiger charge is -2.12. The maximum Gasteiger partial charge on any atom is 0.213 e. The molecule has 3 aromatic rings. The number of guanidine groups is 1. The number of aliphatic imine (C=N–C) groups is 1. The van der Waals surface area contributed by atoms with E-state index in [-0.39, 0.29) is 0 Å². The van der Waals surface area contributed by atoms with Crippen LogP contribution in [0.25, 0.3) is 0 Å². The molecule has 3 rings (SSSR count). The fourth-order valence-electron chi connectivity index (χ4n) is 2.65. The van der Waals surface area contributed by atoms with Crippen molar-refractivity contribution in [2.24, 2.45) is 4.99 Å². The molecule has 0 bridgehead atoms. The third-order valence-corrected chi connectivity index (χ3v) is 4.16. The Morgan fingerprint density at radius 3 is 2.48 bits per heavy atom. The molecule has 0 fully saturated rings. The van der Waals surface area contributed by atoms with Gasteiger partial charge in [-0.1, -0.05) is 24.3 Å². The van der Waals surface area contributed by atoms with E-state index in [9.17, 15) is 0 Å². The highest BCUT2D eigenvalue weighted by molar-refractivity contribution is 5.79. The summed E-state index contributed by atoms with van der Waals surface area (Å²) in [6.45, 7) is 3.23. The number of hydrogen-bond acceptors (Lipinski definition) is 4. The van der Waals surface area contributed by atoms with Gasteiger partial charge in [-0.15, -0.1) is 0 Å². The second-order valence-electron chi connectivity index (χ2n) is 6.29. The first kappa shape index (κ1) is 20.3. The first-order valence-corrected chi connectivity index (χ1v) is 9.64. The van der Waals surface area contributed by atoms with Crippen LogP contribution < -0.4 is 20.1 Å². The van der Waals surface area contributed by atoms with Gasteiger partial charge in [0.15, 0.2) is 5.96 Å². The van der Waals surface area contributed by atoms with Crippen molar-refractivity contribution in [2.75, 3.05) is 26.8 Å². The van der Waals surface area contributed by atoms with Crippen molar-refractivity contribution in [2.45, 2.75) is 13.1 Å². The van der Waals surface area contributed by atoms with Crippen molar-refractivity contribution in [3.05, 3.63) is 78.8 Å². The molecule has 0 aliphatic rings. The fraction of sp³-hybridized carbons (Fsp3) is 0.273. The largest absolute Gasteiger partial charge is 0.490 e. The molecule has 29 heavy (non-hydrogen) atoms. The lowest BCUT2D eigenvalue weighted by Crippen LogP contribution is -2.38. The molecule has 2 aromatic heterocycles. The van der Waals surface area contributed by atoms with Gasteiger partial charge >= 0.3 is 0 Å². The molecule has 0 spiro atoms. The highest BCUT2D eigenvalue weighted by Gasteiger charge is 2.01. The minimum atomic E-state index is 0.442. The van der Waals surface area contributed by atoms with E-state index in [1.165, 1.54) is 0 Å². The Kier molecular flexibility index (Phi) is 7.95. The van der Waals surface area contributed by atoms with Crippen molar-refractivity contribution >= 4 is 5.96 Å². The summed E-state index contributed by atoms with van der Waals surface area (Å²) in [5.41, 5.74) is 1.05. The molecule has 1 aromatic carbocycles. The van der Waals surface area contributed by atoms with Crippen LogP contribution >= 0.6 is 0 Å². The van der Waals surface area contributed by atoms with Gasteiger partial charge in [0.2, 0.25) is 5.88 Å². The summed E-state index contributed by atoms with van der Waals surface area (Å²) in [6.07, 6.45) is 5.88. The Balaban J connectivity index is 1.33. The van der Waals surface area contributed by atoms with Crippen molar-refractivity contribution in [1.29, 1.82) is 0 Å². The highest BCUT2D eigenvalue weighted by atomic mass is 16.5. The maximum absolute atomic E-state index is 5.62. The number of ether oxygens (including phenoxy) is 2. The summed E-state index contributed by atoms with van der Waals surface area (Å²) in [4.78, 5) is 8.58. The third-order valence-electron chi connectivity index (χ3n) is 4.16. The summed E-state index contributed by atoms with van der Waals surface area (Å²) in [5.74, 6) is 2.18. The number of nitrogens with zero attached hydrogens (tertiary/aromatic N) is 3. The van der Waals surface area contributed by atoms with Crippen molar-refractivity contribution in [1.82, 2.24) is 20.2 Å². The molecule has 0 amide bonds. The topological polar surface area (TPSA) is 72.7 Å². The lowest BCUT2D eigenvalue weighted by molar-refractivity contribution is 0.212. The maximum atomic E-state index is 5.62. The van der Waals surface area contributed by atoms with Crippen LogP contribution in [0.5, 0.6) is 11.6 Å². The monoisotopic (exact) mass is 393 g/mol. The molecule has 2 N–H and O–H groups in total. The lowest BCUT2D eigenvalue weighted by atomic mass is 10.3. The minimum absolute atomic E-state index is 0.442. The quantitative estimate of drug-likeness (QED) is 0.315. The van der Waals surface area contributed by atoms with E-state index in [4.69, 9.17) is 9.47 Å². The van der Waals surface area contributed by atoms with Gasteiger partial charge in [0, 0.05) is 51.3 Å². The Morgan fingerprint density at radius 2 is 1.76 bits per heavy atom. The SMILES string of the molecule is CN=C(NCCn1cccc1)NCc1ccc(OCCOc2ccccc2)nc1. The average molecular weight is 393 g/mol. The molecule has 0 saturated heterocycles. The summed E-state index contributed by atoms with van der Waals surface area (Å²) < 4.78 is 13.3. The smallest absolute Gasteiger partial charge is 0.213 e. The van der Waals surface area contributed by atoms with E-state index in [1.807, 2.05) is 67.0 Å². The normalized spacial score (nSPS) is 11.1. The van der Waals surface area contributed by atoms with Crippen LogP contribution in [0.15, 0.2) is 78.2 Å². The molecular formula is C22H27N5O2. The van der Waals surface area contributed by atoms with Gasteiger partial charge in [0.05, 0.1) is 0 Å². The predicted molar refractivity (Wildman–Crippen MR) is 114 cm³/mol. The number of aromatic nitrogens is 2. The number of hydrogen-bond donors (Lipinski definition) is 2. The molecule has 0 unspecified atom stereocenters. The second kappa shape index (κ2) is 11.4. The molecule has 0 radical (unpaired) electrons. The van der Waals surface area contributed by atoms with Crippen LogP contribution in [-0.4, -0.2) is 42.3 Å². The van der Waals surface area contributed by atoms with Gasteiger partial charge in [0.25, 0.3) is 0 Å². The second-order valence-corrected chi connectivity index (χ2v) is 6.29. The van der Waals surface area contributed by atoms with Crippen LogP contribution in [0.1, 0.15) is 5.56 Å². The van der Waals surface area contributed by atoms with E-state index >= 15 is 0 Å². The molecule has 152 valence electrons. The van der Waals surface area contributed by atoms with Crippen molar-refractivity contribution in [3.8, 4) is 11.6 Å². The summed E-state index contributed by atoms with van der Waals surface area (Å²) >= 11 is 0. The fourth-order valence-corrected chi connectivity index (χ4v) is 2.65. The summed E-state index contributed by atoms with van der Waals surface area (Å²) in [5, 5.41) is 6.58. The zero-order chi connectivity index (χ0) is 20.2. The van der Waals surface area contributed by atoms with Gasteiger partial charge < -0.3 is 24.7 Å². The zero-order valence-electron chi connectivity index (χ0n) is 16.6. The number of nitrogens with one attached hydrogen (secondary N) is 2. The third kappa shape index (κ3) is 7.21. The van der Waals surface area contributed by atoms with E-state index in [0.717, 1.165) is 30.4 Å². The van der Waals surface area contributed by atoms with E-state index in [0.29, 0.717) is 25.6 Å². The van der Waals surface area contributed by atoms with E-state index in [1.54, 1.807) is 13.2 Å². The van der Waals surface area contributed by atoms with Crippen LogP contribution in [0.3, 0.4) is 0 Å². The van der Waals surface area contributed by atoms with Gasteiger partial charge in [0.1, 0.15) is 19.0 Å². The Bertz CT molecular complexity index is 849. The van der Waals surface area contributed by atoms with Gasteiger partial charge in [-0.2, -0.15) is 0 Å². The molecule has 7 nitrogen and oxygen atoms in total. The van der Waals surface area contributed by atoms with Gasteiger partial charge in [-0.3, -0.25) is 4.99 Å². The molecule has 0 saturated carbocycles. The predicted octanol–water partition coefficient (Wildman–Crippen LogP) is 2.71. The molecule has 0 atom stereocenters. The Labute approximate surface area is 171 Å². The molecule has 0 aliphatic heterocycles. The average Bonchev–Trinajstić information content (AvgIpc) is 3.29. The van der Waals surface area contributed by atoms with Crippen LogP contribution in [0.2, 0.25) is 0 Å². The Morgan fingerprint density at radius 1 is 0.966 bits per heavy atom. The number of rotatable bonds is 10. The first-order valence-electron chi connectivity index (χ1n) is 9.64. The van der Waals surface area contributed by atoms with Crippen molar-refractivity contribution in [3.63, 3.8) is 0 Å². The number of para-hydroxylation sites is 1. The zero-order valence-corrected chi connectivity index (χ0v) is 16.6. The van der Waals surface area contributed by atoms with Gasteiger partial charge in [-0.05, 0) is 29.8 Å². The highest BCUT2D eigenvalue weighted by Crippen LogP contribution is 2.09. The first-order chi connectivity index (χ1) is 14.3. The van der Waals surface area contributed by atoms with Crippen LogP contribution in [0.4, 0.5) is 0 Å². The molecule has 2 heterocycles. The molecule has 7 heteroatoms. The van der Waals surface area contributed by atoms with E-state index in [2.05, 4.69) is 25.2 Å². The summed E-state index contributed by atoms with van der Waals surface area (Å²) in [6, 6.07) is 17.6. The molecular weight excluding hydrogens is 366 g/mol. The van der Waals surface area contributed by atoms with E-state index < -0.39 is 0 Å².